The minimum absolute atomic E-state index is 0.632. The van der Waals surface area contributed by atoms with Crippen molar-refractivity contribution in [1.29, 1.82) is 0 Å². The standard InChI is InChI=1S/C10H21NO/c1-8(2)9(3)11-10-4-6-12-7-5-10/h8-11H,4-7H2,1-3H3. The van der Waals surface area contributed by atoms with Crippen LogP contribution in [0.1, 0.15) is 33.6 Å². The largest absolute Gasteiger partial charge is 0.381 e. The fourth-order valence-electron chi connectivity index (χ4n) is 1.43. The van der Waals surface area contributed by atoms with Crippen molar-refractivity contribution in [1.82, 2.24) is 5.32 Å². The van der Waals surface area contributed by atoms with Crippen LogP contribution in [0, 0.1) is 5.92 Å². The van der Waals surface area contributed by atoms with Crippen molar-refractivity contribution in [2.45, 2.75) is 45.7 Å². The van der Waals surface area contributed by atoms with Gasteiger partial charge < -0.3 is 10.1 Å². The molecule has 0 aromatic heterocycles. The average Bonchev–Trinajstić information content (AvgIpc) is 2.06. The van der Waals surface area contributed by atoms with E-state index in [-0.39, 0.29) is 0 Å². The van der Waals surface area contributed by atoms with Crippen LogP contribution in [0.4, 0.5) is 0 Å². The number of hydrogen-bond acceptors (Lipinski definition) is 2. The van der Waals surface area contributed by atoms with Gasteiger partial charge in [-0.2, -0.15) is 0 Å². The fraction of sp³-hybridized carbons (Fsp3) is 1.00. The maximum absolute atomic E-state index is 5.30. The summed E-state index contributed by atoms with van der Waals surface area (Å²) in [6.07, 6.45) is 2.36. The van der Waals surface area contributed by atoms with Gasteiger partial charge in [0.05, 0.1) is 0 Å². The Hall–Kier alpha value is -0.0800. The zero-order valence-electron chi connectivity index (χ0n) is 8.47. The van der Waals surface area contributed by atoms with Crippen molar-refractivity contribution in [3.05, 3.63) is 0 Å². The molecule has 0 aromatic carbocycles. The molecular weight excluding hydrogens is 150 g/mol. The van der Waals surface area contributed by atoms with E-state index < -0.39 is 0 Å². The molecule has 0 radical (unpaired) electrons. The summed E-state index contributed by atoms with van der Waals surface area (Å²) in [7, 11) is 0. The third-order valence-electron chi connectivity index (χ3n) is 2.72. The Morgan fingerprint density at radius 2 is 1.75 bits per heavy atom. The van der Waals surface area contributed by atoms with Gasteiger partial charge in [-0.05, 0) is 25.7 Å². The van der Waals surface area contributed by atoms with Gasteiger partial charge in [-0.25, -0.2) is 0 Å². The van der Waals surface area contributed by atoms with Crippen LogP contribution in [0.5, 0.6) is 0 Å². The molecular formula is C10H21NO. The highest BCUT2D eigenvalue weighted by Gasteiger charge is 2.16. The van der Waals surface area contributed by atoms with Crippen LogP contribution in [0.3, 0.4) is 0 Å². The molecule has 1 aliphatic rings. The van der Waals surface area contributed by atoms with Gasteiger partial charge in [0.2, 0.25) is 0 Å². The summed E-state index contributed by atoms with van der Waals surface area (Å²) in [6, 6.07) is 1.32. The molecule has 0 bridgehead atoms. The van der Waals surface area contributed by atoms with Gasteiger partial charge in [0.1, 0.15) is 0 Å². The Morgan fingerprint density at radius 3 is 2.25 bits per heavy atom. The molecule has 72 valence electrons. The van der Waals surface area contributed by atoms with Crippen LogP contribution in [0.25, 0.3) is 0 Å². The molecule has 0 amide bonds. The maximum atomic E-state index is 5.30. The highest BCUT2D eigenvalue weighted by Crippen LogP contribution is 2.09. The van der Waals surface area contributed by atoms with Crippen molar-refractivity contribution in [2.75, 3.05) is 13.2 Å². The van der Waals surface area contributed by atoms with Gasteiger partial charge in [0, 0.05) is 25.3 Å². The quantitative estimate of drug-likeness (QED) is 0.699. The minimum atomic E-state index is 0.632. The third-order valence-corrected chi connectivity index (χ3v) is 2.72. The van der Waals surface area contributed by atoms with Crippen LogP contribution in [0.15, 0.2) is 0 Å². The molecule has 2 nitrogen and oxygen atoms in total. The molecule has 1 saturated heterocycles. The van der Waals surface area contributed by atoms with Gasteiger partial charge in [-0.15, -0.1) is 0 Å². The second kappa shape index (κ2) is 4.83. The number of rotatable bonds is 3. The van der Waals surface area contributed by atoms with Crippen LogP contribution in [-0.4, -0.2) is 25.3 Å². The van der Waals surface area contributed by atoms with Gasteiger partial charge in [-0.1, -0.05) is 13.8 Å². The highest BCUT2D eigenvalue weighted by molar-refractivity contribution is 4.75. The van der Waals surface area contributed by atoms with Crippen LogP contribution >= 0.6 is 0 Å². The van der Waals surface area contributed by atoms with E-state index in [1.807, 2.05) is 0 Å². The normalized spacial score (nSPS) is 23.0. The van der Waals surface area contributed by atoms with Crippen molar-refractivity contribution in [3.63, 3.8) is 0 Å². The topological polar surface area (TPSA) is 21.3 Å². The predicted molar refractivity (Wildman–Crippen MR) is 51.3 cm³/mol. The molecule has 2 heteroatoms. The number of ether oxygens (including phenoxy) is 1. The van der Waals surface area contributed by atoms with E-state index >= 15 is 0 Å². The zero-order valence-corrected chi connectivity index (χ0v) is 8.47. The fourth-order valence-corrected chi connectivity index (χ4v) is 1.43. The van der Waals surface area contributed by atoms with Gasteiger partial charge in [0.25, 0.3) is 0 Å². The smallest absolute Gasteiger partial charge is 0.0480 e. The molecule has 1 rings (SSSR count). The lowest BCUT2D eigenvalue weighted by molar-refractivity contribution is 0.0737. The molecule has 1 heterocycles. The highest BCUT2D eigenvalue weighted by atomic mass is 16.5. The molecule has 1 unspecified atom stereocenters. The summed E-state index contributed by atoms with van der Waals surface area (Å²) >= 11 is 0. The zero-order chi connectivity index (χ0) is 8.97. The first-order valence-corrected chi connectivity index (χ1v) is 5.04. The molecule has 1 atom stereocenters. The third kappa shape index (κ3) is 3.11. The summed E-state index contributed by atoms with van der Waals surface area (Å²) in [5, 5.41) is 3.64. The molecule has 1 aliphatic heterocycles. The lowest BCUT2D eigenvalue weighted by atomic mass is 10.0. The minimum Gasteiger partial charge on any atom is -0.381 e. The summed E-state index contributed by atoms with van der Waals surface area (Å²) in [5.41, 5.74) is 0. The van der Waals surface area contributed by atoms with Gasteiger partial charge >= 0.3 is 0 Å². The SMILES string of the molecule is CC(C)C(C)NC1CCOCC1. The number of nitrogens with one attached hydrogen (secondary N) is 1. The Balaban J connectivity index is 2.20. The molecule has 12 heavy (non-hydrogen) atoms. The van der Waals surface area contributed by atoms with Gasteiger partial charge in [-0.3, -0.25) is 0 Å². The van der Waals surface area contributed by atoms with E-state index in [9.17, 15) is 0 Å². The first-order valence-electron chi connectivity index (χ1n) is 5.04. The molecule has 1 N–H and O–H groups in total. The van der Waals surface area contributed by atoms with E-state index in [4.69, 9.17) is 4.74 Å². The van der Waals surface area contributed by atoms with Crippen molar-refractivity contribution >= 4 is 0 Å². The predicted octanol–water partition coefficient (Wildman–Crippen LogP) is 1.80. The summed E-state index contributed by atoms with van der Waals surface area (Å²) < 4.78 is 5.30. The average molecular weight is 171 g/mol. The molecule has 0 aromatic rings. The first-order chi connectivity index (χ1) is 5.70. The molecule has 1 fully saturated rings. The van der Waals surface area contributed by atoms with E-state index in [1.165, 1.54) is 12.8 Å². The monoisotopic (exact) mass is 171 g/mol. The Labute approximate surface area is 75.7 Å². The van der Waals surface area contributed by atoms with Crippen LogP contribution in [0.2, 0.25) is 0 Å². The second-order valence-corrected chi connectivity index (χ2v) is 4.09. The Kier molecular flexibility index (Phi) is 4.02. The van der Waals surface area contributed by atoms with E-state index in [2.05, 4.69) is 26.1 Å². The van der Waals surface area contributed by atoms with Crippen molar-refractivity contribution in [2.24, 2.45) is 5.92 Å². The summed E-state index contributed by atoms with van der Waals surface area (Å²) in [4.78, 5) is 0. The summed E-state index contributed by atoms with van der Waals surface area (Å²) in [6.45, 7) is 8.65. The Bertz CT molecular complexity index is 119. The maximum Gasteiger partial charge on any atom is 0.0480 e. The number of hydrogen-bond donors (Lipinski definition) is 1. The Morgan fingerprint density at radius 1 is 1.17 bits per heavy atom. The molecule has 0 spiro atoms. The summed E-state index contributed by atoms with van der Waals surface area (Å²) in [5.74, 6) is 0.729. The molecule has 0 aliphatic carbocycles. The molecule has 0 saturated carbocycles. The van der Waals surface area contributed by atoms with Crippen LogP contribution < -0.4 is 5.32 Å². The van der Waals surface area contributed by atoms with Crippen molar-refractivity contribution < 1.29 is 4.74 Å². The first kappa shape index (κ1) is 10.0. The van der Waals surface area contributed by atoms with Crippen LogP contribution in [-0.2, 0) is 4.74 Å². The lowest BCUT2D eigenvalue weighted by Gasteiger charge is -2.28. The van der Waals surface area contributed by atoms with E-state index in [0.717, 1.165) is 19.1 Å². The lowest BCUT2D eigenvalue weighted by Crippen LogP contribution is -2.42. The van der Waals surface area contributed by atoms with E-state index in [1.54, 1.807) is 0 Å². The van der Waals surface area contributed by atoms with Crippen molar-refractivity contribution in [3.8, 4) is 0 Å². The second-order valence-electron chi connectivity index (χ2n) is 4.09. The van der Waals surface area contributed by atoms with E-state index in [0.29, 0.717) is 12.1 Å². The van der Waals surface area contributed by atoms with Gasteiger partial charge in [0.15, 0.2) is 0 Å².